The Balaban J connectivity index is 3.58. The minimum absolute atomic E-state index is 0.156. The van der Waals surface area contributed by atoms with Gasteiger partial charge in [0.1, 0.15) is 0 Å². The lowest BCUT2D eigenvalue weighted by Gasteiger charge is -2.40. The molecule has 0 saturated carbocycles. The molecule has 2 unspecified atom stereocenters. The molecule has 0 fully saturated rings. The van der Waals surface area contributed by atoms with Gasteiger partial charge in [-0.05, 0) is 64.2 Å². The molecule has 2 atom stereocenters. The monoisotopic (exact) mass is 635 g/mol. The molecule has 268 valence electrons. The molecular weight excluding hydrogens is 550 g/mol. The number of hydrogen-bond acceptors (Lipinski definition) is 2. The van der Waals surface area contributed by atoms with Crippen molar-refractivity contribution >= 4 is 0 Å². The first-order valence-electron chi connectivity index (χ1n) is 20.3. The van der Waals surface area contributed by atoms with Gasteiger partial charge in [-0.1, -0.05) is 154 Å². The van der Waals surface area contributed by atoms with Crippen molar-refractivity contribution in [2.24, 2.45) is 0 Å². The van der Waals surface area contributed by atoms with E-state index < -0.39 is 0 Å². The highest BCUT2D eigenvalue weighted by atomic mass is 16.5. The third-order valence-corrected chi connectivity index (χ3v) is 9.90. The summed E-state index contributed by atoms with van der Waals surface area (Å²) in [5.41, 5.74) is 0. The van der Waals surface area contributed by atoms with Crippen LogP contribution in [0.25, 0.3) is 0 Å². The molecule has 0 aromatic rings. The Morgan fingerprint density at radius 1 is 0.378 bits per heavy atom. The molecule has 0 N–H and O–H groups in total. The van der Waals surface area contributed by atoms with Gasteiger partial charge >= 0.3 is 0 Å². The summed E-state index contributed by atoms with van der Waals surface area (Å²) in [5.74, 6) is 0. The molecule has 0 amide bonds. The molecular formula is C42H84NO2+. The number of nitrogens with zero attached hydrogens (tertiary/aromatic N) is 1. The van der Waals surface area contributed by atoms with Crippen molar-refractivity contribution in [3.05, 3.63) is 24.3 Å². The lowest BCUT2D eigenvalue weighted by molar-refractivity contribution is -0.975. The van der Waals surface area contributed by atoms with E-state index in [1.165, 1.54) is 180 Å². The molecule has 0 radical (unpaired) electrons. The Morgan fingerprint density at radius 3 is 0.911 bits per heavy atom. The summed E-state index contributed by atoms with van der Waals surface area (Å²) in [4.78, 5) is 0. The Bertz CT molecular complexity index is 576. The van der Waals surface area contributed by atoms with E-state index in [4.69, 9.17) is 9.47 Å². The smallest absolute Gasteiger partial charge is 0.191 e. The highest BCUT2D eigenvalue weighted by Crippen LogP contribution is 2.18. The molecule has 0 spiro atoms. The topological polar surface area (TPSA) is 18.5 Å². The Hall–Kier alpha value is -0.640. The van der Waals surface area contributed by atoms with E-state index in [9.17, 15) is 0 Å². The van der Waals surface area contributed by atoms with Crippen LogP contribution in [0.15, 0.2) is 24.3 Å². The molecule has 0 aromatic carbocycles. The van der Waals surface area contributed by atoms with E-state index in [-0.39, 0.29) is 12.5 Å². The molecule has 3 heteroatoms. The lowest BCUT2D eigenvalue weighted by atomic mass is 10.1. The molecule has 0 heterocycles. The van der Waals surface area contributed by atoms with Crippen LogP contribution in [0.2, 0.25) is 0 Å². The van der Waals surface area contributed by atoms with E-state index in [0.29, 0.717) is 0 Å². The molecule has 0 saturated heterocycles. The standard InChI is InChI=1S/C42H84NO2/c1-7-9-11-13-15-17-19-21-23-25-27-29-31-33-35-37-39-44-41(3)43(5,6)42(4)45-40-38-36-34-32-30-28-26-24-22-20-18-16-14-12-10-8-2/h21-24,41-42H,7-20,25-40H2,1-6H3/q+1/b23-21-,24-22-. The van der Waals surface area contributed by atoms with Crippen LogP contribution < -0.4 is 0 Å². The lowest BCUT2D eigenvalue weighted by Crippen LogP contribution is -2.55. The maximum atomic E-state index is 6.26. The Labute approximate surface area is 285 Å². The summed E-state index contributed by atoms with van der Waals surface area (Å²) in [7, 11) is 4.50. The molecule has 0 aliphatic heterocycles. The maximum Gasteiger partial charge on any atom is 0.191 e. The van der Waals surface area contributed by atoms with Crippen LogP contribution in [-0.2, 0) is 9.47 Å². The first-order chi connectivity index (χ1) is 22.0. The van der Waals surface area contributed by atoms with Crippen molar-refractivity contribution in [3.63, 3.8) is 0 Å². The second kappa shape index (κ2) is 34.7. The summed E-state index contributed by atoms with van der Waals surface area (Å²) < 4.78 is 13.3. The molecule has 0 aliphatic carbocycles. The third-order valence-electron chi connectivity index (χ3n) is 9.90. The normalized spacial score (nSPS) is 13.8. The summed E-state index contributed by atoms with van der Waals surface area (Å²) in [6.07, 6.45) is 47.6. The van der Waals surface area contributed by atoms with E-state index >= 15 is 0 Å². The predicted octanol–water partition coefficient (Wildman–Crippen LogP) is 13.9. The zero-order valence-corrected chi connectivity index (χ0v) is 31.9. The number of quaternary nitrogens is 1. The fourth-order valence-electron chi connectivity index (χ4n) is 5.89. The minimum Gasteiger partial charge on any atom is -0.329 e. The van der Waals surface area contributed by atoms with Crippen LogP contribution in [0, 0.1) is 0 Å². The average molecular weight is 635 g/mol. The first-order valence-corrected chi connectivity index (χ1v) is 20.3. The number of hydrogen-bond donors (Lipinski definition) is 0. The van der Waals surface area contributed by atoms with Crippen LogP contribution in [0.5, 0.6) is 0 Å². The van der Waals surface area contributed by atoms with Crippen molar-refractivity contribution in [2.75, 3.05) is 27.3 Å². The van der Waals surface area contributed by atoms with Gasteiger partial charge in [0.25, 0.3) is 0 Å². The summed E-state index contributed by atoms with van der Waals surface area (Å²) in [5, 5.41) is 0. The van der Waals surface area contributed by atoms with E-state index in [0.717, 1.165) is 17.7 Å². The van der Waals surface area contributed by atoms with E-state index in [1.807, 2.05) is 0 Å². The molecule has 0 aromatic heterocycles. The van der Waals surface area contributed by atoms with Gasteiger partial charge in [0.05, 0.1) is 27.3 Å². The van der Waals surface area contributed by atoms with Crippen LogP contribution in [-0.4, -0.2) is 44.2 Å². The second-order valence-electron chi connectivity index (χ2n) is 14.4. The summed E-state index contributed by atoms with van der Waals surface area (Å²) in [6.45, 7) is 10.7. The maximum absolute atomic E-state index is 6.26. The van der Waals surface area contributed by atoms with E-state index in [2.05, 4.69) is 66.1 Å². The van der Waals surface area contributed by atoms with Crippen molar-refractivity contribution in [1.82, 2.24) is 0 Å². The van der Waals surface area contributed by atoms with Crippen molar-refractivity contribution in [2.45, 2.75) is 220 Å². The average Bonchev–Trinajstić information content (AvgIpc) is 3.03. The van der Waals surface area contributed by atoms with Crippen LogP contribution in [0.1, 0.15) is 207 Å². The highest BCUT2D eigenvalue weighted by molar-refractivity contribution is 4.82. The van der Waals surface area contributed by atoms with E-state index in [1.54, 1.807) is 0 Å². The number of ether oxygens (including phenoxy) is 2. The fourth-order valence-corrected chi connectivity index (χ4v) is 5.89. The molecule has 3 nitrogen and oxygen atoms in total. The quantitative estimate of drug-likeness (QED) is 0.0295. The zero-order valence-electron chi connectivity index (χ0n) is 31.9. The van der Waals surface area contributed by atoms with Crippen LogP contribution >= 0.6 is 0 Å². The van der Waals surface area contributed by atoms with Crippen molar-refractivity contribution < 1.29 is 14.0 Å². The van der Waals surface area contributed by atoms with Crippen LogP contribution in [0.3, 0.4) is 0 Å². The van der Waals surface area contributed by atoms with Gasteiger partial charge in [-0.3, -0.25) is 4.48 Å². The largest absolute Gasteiger partial charge is 0.329 e. The number of unbranched alkanes of at least 4 members (excludes halogenated alkanes) is 24. The Kier molecular flexibility index (Phi) is 34.2. The number of allylic oxidation sites excluding steroid dienone is 4. The third kappa shape index (κ3) is 30.4. The van der Waals surface area contributed by atoms with Gasteiger partial charge in [-0.15, -0.1) is 0 Å². The Morgan fingerprint density at radius 2 is 0.622 bits per heavy atom. The number of rotatable bonds is 36. The molecule has 0 bridgehead atoms. The van der Waals surface area contributed by atoms with Gasteiger partial charge in [0, 0.05) is 13.8 Å². The first kappa shape index (κ1) is 44.4. The van der Waals surface area contributed by atoms with Gasteiger partial charge < -0.3 is 9.47 Å². The van der Waals surface area contributed by atoms with Gasteiger partial charge in [-0.2, -0.15) is 0 Å². The zero-order chi connectivity index (χ0) is 33.1. The highest BCUT2D eigenvalue weighted by Gasteiger charge is 2.31. The van der Waals surface area contributed by atoms with Crippen LogP contribution in [0.4, 0.5) is 0 Å². The van der Waals surface area contributed by atoms with Gasteiger partial charge in [0.15, 0.2) is 12.5 Å². The van der Waals surface area contributed by atoms with Crippen molar-refractivity contribution in [3.8, 4) is 0 Å². The summed E-state index contributed by atoms with van der Waals surface area (Å²) in [6, 6.07) is 0. The molecule has 0 rings (SSSR count). The van der Waals surface area contributed by atoms with Gasteiger partial charge in [-0.25, -0.2) is 0 Å². The molecule has 45 heavy (non-hydrogen) atoms. The van der Waals surface area contributed by atoms with Crippen molar-refractivity contribution in [1.29, 1.82) is 0 Å². The fraction of sp³-hybridized carbons (Fsp3) is 0.905. The SMILES string of the molecule is CCCCCCCC/C=C\CCCCCCCCOC(C)[N+](C)(C)C(C)OCCCCCCCC/C=C\CCCCCCCC. The van der Waals surface area contributed by atoms with Gasteiger partial charge in [0.2, 0.25) is 0 Å². The summed E-state index contributed by atoms with van der Waals surface area (Å²) >= 11 is 0. The minimum atomic E-state index is 0.156. The second-order valence-corrected chi connectivity index (χ2v) is 14.4. The molecule has 0 aliphatic rings. The predicted molar refractivity (Wildman–Crippen MR) is 202 cm³/mol.